The Morgan fingerprint density at radius 3 is 2.70 bits per heavy atom. The smallest absolute Gasteiger partial charge is 0.320 e. The van der Waals surface area contributed by atoms with E-state index in [4.69, 9.17) is 9.47 Å². The summed E-state index contributed by atoms with van der Waals surface area (Å²) in [6.07, 6.45) is 1.95. The van der Waals surface area contributed by atoms with Gasteiger partial charge in [-0.15, -0.1) is 5.11 Å². The fourth-order valence-electron chi connectivity index (χ4n) is 3.30. The third-order valence-corrected chi connectivity index (χ3v) is 5.01. The number of hydrogen-bond acceptors (Lipinski definition) is 10. The maximum absolute atomic E-state index is 9.36. The molecule has 1 aromatic carbocycles. The highest BCUT2D eigenvalue weighted by Crippen LogP contribution is 2.23. The Hall–Kier alpha value is -3.63. The molecule has 1 saturated heterocycles. The molecule has 4 rings (SSSR count). The number of ether oxygens (including phenoxy) is 2. The lowest BCUT2D eigenvalue weighted by Crippen LogP contribution is -2.36. The minimum atomic E-state index is -0.0137. The average molecular weight is 450 g/mol. The summed E-state index contributed by atoms with van der Waals surface area (Å²) in [7, 11) is 0. The van der Waals surface area contributed by atoms with E-state index < -0.39 is 0 Å². The lowest BCUT2D eigenvalue weighted by molar-refractivity contribution is 0.122. The minimum Gasteiger partial charge on any atom is -0.506 e. The SMILES string of the molecule is OCc1cccc(CN=Nc2cc(N3CCOCC3)nc(OCCc3ccc(O)cn3)n2)c1. The molecule has 1 fully saturated rings. The molecule has 0 aliphatic carbocycles. The molecule has 172 valence electrons. The molecule has 2 aromatic heterocycles. The summed E-state index contributed by atoms with van der Waals surface area (Å²) in [5.74, 6) is 1.24. The van der Waals surface area contributed by atoms with Crippen LogP contribution in [-0.4, -0.2) is 58.1 Å². The van der Waals surface area contributed by atoms with Crippen molar-refractivity contribution in [2.75, 3.05) is 37.8 Å². The van der Waals surface area contributed by atoms with Crippen LogP contribution in [-0.2, 0) is 24.3 Å². The molecular weight excluding hydrogens is 424 g/mol. The fourth-order valence-corrected chi connectivity index (χ4v) is 3.30. The van der Waals surface area contributed by atoms with E-state index >= 15 is 0 Å². The standard InChI is InChI=1S/C23H26N6O4/c30-16-18-3-1-2-17(12-18)14-25-28-21-13-22(29-7-10-32-11-8-29)27-23(26-21)33-9-6-19-4-5-20(31)15-24-19/h1-5,12-13,15,30-31H,6-11,14,16H2. The van der Waals surface area contributed by atoms with Crippen molar-refractivity contribution in [2.24, 2.45) is 10.2 Å². The van der Waals surface area contributed by atoms with E-state index in [0.29, 0.717) is 44.4 Å². The number of hydrogen-bond donors (Lipinski definition) is 2. The number of azo groups is 1. The number of rotatable bonds is 9. The van der Waals surface area contributed by atoms with Gasteiger partial charge in [0, 0.05) is 31.3 Å². The fraction of sp³-hybridized carbons (Fsp3) is 0.348. The normalized spacial score (nSPS) is 14.0. The van der Waals surface area contributed by atoms with Gasteiger partial charge in [0.15, 0.2) is 5.82 Å². The summed E-state index contributed by atoms with van der Waals surface area (Å²) in [6, 6.07) is 12.9. The largest absolute Gasteiger partial charge is 0.506 e. The first-order chi connectivity index (χ1) is 16.2. The topological polar surface area (TPSA) is 126 Å². The number of nitrogens with zero attached hydrogens (tertiary/aromatic N) is 6. The predicted molar refractivity (Wildman–Crippen MR) is 121 cm³/mol. The van der Waals surface area contributed by atoms with Crippen LogP contribution < -0.4 is 9.64 Å². The summed E-state index contributed by atoms with van der Waals surface area (Å²) < 4.78 is 11.2. The molecule has 0 amide bonds. The predicted octanol–water partition coefficient (Wildman–Crippen LogP) is 2.81. The van der Waals surface area contributed by atoms with Crippen LogP contribution in [0.5, 0.6) is 11.8 Å². The summed E-state index contributed by atoms with van der Waals surface area (Å²) in [5.41, 5.74) is 2.57. The summed E-state index contributed by atoms with van der Waals surface area (Å²) in [4.78, 5) is 15.2. The number of aliphatic hydroxyl groups is 1. The van der Waals surface area contributed by atoms with E-state index in [9.17, 15) is 10.2 Å². The Morgan fingerprint density at radius 2 is 1.91 bits per heavy atom. The van der Waals surface area contributed by atoms with Crippen LogP contribution in [0.1, 0.15) is 16.8 Å². The quantitative estimate of drug-likeness (QED) is 0.477. The Kier molecular flexibility index (Phi) is 7.72. The molecule has 0 bridgehead atoms. The average Bonchev–Trinajstić information content (AvgIpc) is 2.86. The summed E-state index contributed by atoms with van der Waals surface area (Å²) >= 11 is 0. The number of aliphatic hydroxyl groups excluding tert-OH is 1. The van der Waals surface area contributed by atoms with E-state index in [1.165, 1.54) is 6.20 Å². The zero-order chi connectivity index (χ0) is 22.9. The van der Waals surface area contributed by atoms with Gasteiger partial charge in [0.1, 0.15) is 11.6 Å². The Morgan fingerprint density at radius 1 is 1.06 bits per heavy atom. The van der Waals surface area contributed by atoms with E-state index in [-0.39, 0.29) is 18.4 Å². The van der Waals surface area contributed by atoms with Crippen LogP contribution >= 0.6 is 0 Å². The molecule has 2 N–H and O–H groups in total. The van der Waals surface area contributed by atoms with Gasteiger partial charge in [0.2, 0.25) is 0 Å². The molecular formula is C23H26N6O4. The molecule has 0 atom stereocenters. The van der Waals surface area contributed by atoms with Crippen LogP contribution in [0.25, 0.3) is 0 Å². The van der Waals surface area contributed by atoms with Gasteiger partial charge in [0.25, 0.3) is 0 Å². The summed E-state index contributed by atoms with van der Waals surface area (Å²) in [5, 5.41) is 27.2. The number of aromatic nitrogens is 3. The van der Waals surface area contributed by atoms with Crippen molar-refractivity contribution in [3.63, 3.8) is 0 Å². The molecule has 3 heterocycles. The number of anilines is 1. The third-order valence-electron chi connectivity index (χ3n) is 5.01. The highest BCUT2D eigenvalue weighted by atomic mass is 16.5. The molecule has 10 nitrogen and oxygen atoms in total. The number of pyridine rings is 1. The van der Waals surface area contributed by atoms with Crippen LogP contribution in [0.3, 0.4) is 0 Å². The second kappa shape index (κ2) is 11.3. The second-order valence-corrected chi connectivity index (χ2v) is 7.45. The van der Waals surface area contributed by atoms with Crippen molar-refractivity contribution < 1.29 is 19.7 Å². The van der Waals surface area contributed by atoms with E-state index in [2.05, 4.69) is 30.1 Å². The minimum absolute atomic E-state index is 0.0137. The van der Waals surface area contributed by atoms with Gasteiger partial charge in [-0.1, -0.05) is 24.3 Å². The Bertz CT molecular complexity index is 1070. The van der Waals surface area contributed by atoms with Crippen molar-refractivity contribution >= 4 is 11.6 Å². The zero-order valence-corrected chi connectivity index (χ0v) is 18.2. The van der Waals surface area contributed by atoms with Crippen molar-refractivity contribution in [3.8, 4) is 11.8 Å². The van der Waals surface area contributed by atoms with Gasteiger partial charge in [-0.05, 0) is 23.3 Å². The van der Waals surface area contributed by atoms with Gasteiger partial charge in [-0.2, -0.15) is 15.1 Å². The van der Waals surface area contributed by atoms with Crippen molar-refractivity contribution in [1.82, 2.24) is 15.0 Å². The summed E-state index contributed by atoms with van der Waals surface area (Å²) in [6.45, 7) is 3.38. The molecule has 0 unspecified atom stereocenters. The molecule has 1 aliphatic rings. The monoisotopic (exact) mass is 450 g/mol. The van der Waals surface area contributed by atoms with Crippen molar-refractivity contribution in [3.05, 3.63) is 65.5 Å². The zero-order valence-electron chi connectivity index (χ0n) is 18.2. The molecule has 0 spiro atoms. The Labute approximate surface area is 191 Å². The highest BCUT2D eigenvalue weighted by Gasteiger charge is 2.16. The van der Waals surface area contributed by atoms with Gasteiger partial charge in [0.05, 0.1) is 39.2 Å². The van der Waals surface area contributed by atoms with E-state index in [1.54, 1.807) is 18.2 Å². The lowest BCUT2D eigenvalue weighted by Gasteiger charge is -2.27. The number of benzene rings is 1. The maximum Gasteiger partial charge on any atom is 0.320 e. The van der Waals surface area contributed by atoms with Crippen LogP contribution in [0, 0.1) is 0 Å². The van der Waals surface area contributed by atoms with Gasteiger partial charge < -0.3 is 24.6 Å². The molecule has 1 aliphatic heterocycles. The first-order valence-electron chi connectivity index (χ1n) is 10.7. The van der Waals surface area contributed by atoms with Gasteiger partial charge in [-0.25, -0.2) is 0 Å². The number of aromatic hydroxyl groups is 1. The van der Waals surface area contributed by atoms with Crippen LogP contribution in [0.4, 0.5) is 11.6 Å². The molecule has 0 radical (unpaired) electrons. The molecule has 0 saturated carbocycles. The van der Waals surface area contributed by atoms with Crippen LogP contribution in [0.2, 0.25) is 0 Å². The maximum atomic E-state index is 9.36. The highest BCUT2D eigenvalue weighted by molar-refractivity contribution is 5.47. The molecule has 3 aromatic rings. The number of morpholine rings is 1. The van der Waals surface area contributed by atoms with Crippen LogP contribution in [0.15, 0.2) is 58.9 Å². The molecule has 10 heteroatoms. The first-order valence-corrected chi connectivity index (χ1v) is 10.7. The van der Waals surface area contributed by atoms with Crippen molar-refractivity contribution in [1.29, 1.82) is 0 Å². The Balaban J connectivity index is 1.46. The van der Waals surface area contributed by atoms with E-state index in [0.717, 1.165) is 29.9 Å². The lowest BCUT2D eigenvalue weighted by atomic mass is 10.1. The van der Waals surface area contributed by atoms with Gasteiger partial charge >= 0.3 is 6.01 Å². The third kappa shape index (κ3) is 6.67. The van der Waals surface area contributed by atoms with E-state index in [1.807, 2.05) is 24.3 Å². The molecule has 33 heavy (non-hydrogen) atoms. The van der Waals surface area contributed by atoms with Crippen molar-refractivity contribution in [2.45, 2.75) is 19.6 Å². The van der Waals surface area contributed by atoms with Gasteiger partial charge in [-0.3, -0.25) is 4.98 Å². The second-order valence-electron chi connectivity index (χ2n) is 7.45. The first kappa shape index (κ1) is 22.6.